The lowest BCUT2D eigenvalue weighted by molar-refractivity contribution is -0.120. The van der Waals surface area contributed by atoms with Crippen LogP contribution in [0.15, 0.2) is 35.2 Å². The Bertz CT molecular complexity index is 926. The third kappa shape index (κ3) is 3.15. The van der Waals surface area contributed by atoms with Crippen molar-refractivity contribution in [2.75, 3.05) is 31.6 Å². The minimum Gasteiger partial charge on any atom is -0.351 e. The lowest BCUT2D eigenvalue weighted by Crippen LogP contribution is -2.55. The number of piperazine rings is 1. The summed E-state index contributed by atoms with van der Waals surface area (Å²) in [5.74, 6) is 0.746. The molecule has 0 bridgehead atoms. The van der Waals surface area contributed by atoms with Crippen molar-refractivity contribution in [2.45, 2.75) is 6.54 Å². The van der Waals surface area contributed by atoms with Crippen LogP contribution in [-0.2, 0) is 18.4 Å². The number of imidazole rings is 1. The number of nitrogens with zero attached hydrogens (tertiary/aromatic N) is 7. The molecule has 26 heavy (non-hydrogen) atoms. The Morgan fingerprint density at radius 1 is 1.38 bits per heavy atom. The summed E-state index contributed by atoms with van der Waals surface area (Å²) in [6.45, 7) is 2.16. The summed E-state index contributed by atoms with van der Waals surface area (Å²) in [6, 6.07) is 0. The molecule has 1 aliphatic heterocycles. The summed E-state index contributed by atoms with van der Waals surface area (Å²) in [7, 11) is 3.57. The molecule has 0 radical (unpaired) electrons. The second kappa shape index (κ2) is 6.79. The molecule has 4 heterocycles. The molecule has 4 rings (SSSR count). The van der Waals surface area contributed by atoms with Crippen molar-refractivity contribution in [1.82, 2.24) is 29.4 Å². The summed E-state index contributed by atoms with van der Waals surface area (Å²) in [6.07, 6.45) is 7.55. The molecule has 9 nitrogen and oxygen atoms in total. The fourth-order valence-electron chi connectivity index (χ4n) is 3.04. The number of fused-ring (bicyclic) bond motifs is 1. The zero-order valence-electron chi connectivity index (χ0n) is 14.7. The number of guanidine groups is 1. The van der Waals surface area contributed by atoms with E-state index in [1.165, 1.54) is 0 Å². The predicted molar refractivity (Wildman–Crippen MR) is 100 cm³/mol. The summed E-state index contributed by atoms with van der Waals surface area (Å²) in [5, 5.41) is 9.45. The van der Waals surface area contributed by atoms with Crippen LogP contribution in [0.3, 0.4) is 0 Å². The van der Waals surface area contributed by atoms with Crippen molar-refractivity contribution in [1.29, 1.82) is 0 Å². The molecule has 0 aliphatic carbocycles. The average Bonchev–Trinajstić information content (AvgIpc) is 3.32. The number of aliphatic imine (C=N–C) groups is 1. The number of rotatable bonds is 3. The lowest BCUT2D eigenvalue weighted by atomic mass is 10.3. The van der Waals surface area contributed by atoms with Gasteiger partial charge in [-0.2, -0.15) is 5.10 Å². The van der Waals surface area contributed by atoms with Crippen molar-refractivity contribution in [2.24, 2.45) is 12.0 Å². The van der Waals surface area contributed by atoms with Gasteiger partial charge in [-0.1, -0.05) is 0 Å². The van der Waals surface area contributed by atoms with E-state index in [0.29, 0.717) is 25.6 Å². The average molecular weight is 372 g/mol. The Morgan fingerprint density at radius 3 is 2.96 bits per heavy atom. The van der Waals surface area contributed by atoms with E-state index in [-0.39, 0.29) is 12.5 Å². The molecule has 1 N–H and O–H groups in total. The van der Waals surface area contributed by atoms with Crippen LogP contribution in [0.25, 0.3) is 4.96 Å². The van der Waals surface area contributed by atoms with Crippen LogP contribution in [-0.4, -0.2) is 62.6 Å². The van der Waals surface area contributed by atoms with E-state index in [1.807, 2.05) is 40.3 Å². The minimum atomic E-state index is 0.0368. The third-order valence-electron chi connectivity index (χ3n) is 4.31. The molecular formula is C16H20N8OS. The van der Waals surface area contributed by atoms with Crippen LogP contribution in [0.5, 0.6) is 0 Å². The molecule has 10 heteroatoms. The molecule has 1 fully saturated rings. The van der Waals surface area contributed by atoms with Gasteiger partial charge in [0, 0.05) is 51.2 Å². The molecule has 0 aromatic carbocycles. The first kappa shape index (κ1) is 16.6. The SMILES string of the molecule is CN=C(NCc1cn2ccsc2n1)N1CCN(c2cnn(C)c2)C(=O)C1. The zero-order chi connectivity index (χ0) is 18.1. The topological polar surface area (TPSA) is 83.1 Å². The van der Waals surface area contributed by atoms with Gasteiger partial charge in [-0.25, -0.2) is 4.98 Å². The smallest absolute Gasteiger partial charge is 0.246 e. The maximum Gasteiger partial charge on any atom is 0.246 e. The number of carbonyl (C=O) groups is 1. The summed E-state index contributed by atoms with van der Waals surface area (Å²) in [4.78, 5) is 26.1. The highest BCUT2D eigenvalue weighted by Crippen LogP contribution is 2.16. The van der Waals surface area contributed by atoms with Crippen molar-refractivity contribution in [3.63, 3.8) is 0 Å². The van der Waals surface area contributed by atoms with Crippen LogP contribution in [0.2, 0.25) is 0 Å². The second-order valence-electron chi connectivity index (χ2n) is 6.06. The number of hydrogen-bond acceptors (Lipinski definition) is 5. The van der Waals surface area contributed by atoms with Crippen LogP contribution in [0.4, 0.5) is 5.69 Å². The van der Waals surface area contributed by atoms with Gasteiger partial charge >= 0.3 is 0 Å². The number of carbonyl (C=O) groups excluding carboxylic acids is 1. The Hall–Kier alpha value is -2.88. The van der Waals surface area contributed by atoms with E-state index < -0.39 is 0 Å². The number of thiazole rings is 1. The molecule has 3 aromatic rings. The van der Waals surface area contributed by atoms with Gasteiger partial charge in [0.05, 0.1) is 24.1 Å². The van der Waals surface area contributed by atoms with E-state index in [1.54, 1.807) is 34.2 Å². The van der Waals surface area contributed by atoms with Gasteiger partial charge in [-0.3, -0.25) is 18.9 Å². The van der Waals surface area contributed by atoms with Crippen LogP contribution >= 0.6 is 11.3 Å². The molecule has 0 saturated carbocycles. The third-order valence-corrected chi connectivity index (χ3v) is 5.08. The van der Waals surface area contributed by atoms with E-state index in [2.05, 4.69) is 20.4 Å². The van der Waals surface area contributed by atoms with Gasteiger partial charge in [-0.05, 0) is 0 Å². The highest BCUT2D eigenvalue weighted by atomic mass is 32.1. The molecule has 136 valence electrons. The predicted octanol–water partition coefficient (Wildman–Crippen LogP) is 0.553. The van der Waals surface area contributed by atoms with E-state index in [9.17, 15) is 4.79 Å². The molecule has 3 aromatic heterocycles. The summed E-state index contributed by atoms with van der Waals surface area (Å²) in [5.41, 5.74) is 1.77. The molecule has 0 atom stereocenters. The van der Waals surface area contributed by atoms with Crippen LogP contribution < -0.4 is 10.2 Å². The van der Waals surface area contributed by atoms with Gasteiger partial charge in [0.15, 0.2) is 10.9 Å². The van der Waals surface area contributed by atoms with Crippen molar-refractivity contribution < 1.29 is 4.79 Å². The van der Waals surface area contributed by atoms with Gasteiger partial charge in [0.2, 0.25) is 5.91 Å². The number of nitrogens with one attached hydrogen (secondary N) is 1. The summed E-state index contributed by atoms with van der Waals surface area (Å²) < 4.78 is 3.70. The highest BCUT2D eigenvalue weighted by molar-refractivity contribution is 7.15. The first-order valence-corrected chi connectivity index (χ1v) is 9.17. The Morgan fingerprint density at radius 2 is 2.27 bits per heavy atom. The van der Waals surface area contributed by atoms with Gasteiger partial charge in [-0.15, -0.1) is 11.3 Å². The number of aromatic nitrogens is 4. The highest BCUT2D eigenvalue weighted by Gasteiger charge is 2.27. The van der Waals surface area contributed by atoms with E-state index in [0.717, 1.165) is 16.3 Å². The van der Waals surface area contributed by atoms with Crippen LogP contribution in [0.1, 0.15) is 5.69 Å². The minimum absolute atomic E-state index is 0.0368. The first-order chi connectivity index (χ1) is 12.6. The van der Waals surface area contributed by atoms with Gasteiger partial charge < -0.3 is 15.1 Å². The van der Waals surface area contributed by atoms with Crippen molar-refractivity contribution >= 4 is 33.9 Å². The maximum atomic E-state index is 12.5. The zero-order valence-corrected chi connectivity index (χ0v) is 15.5. The van der Waals surface area contributed by atoms with Crippen molar-refractivity contribution in [3.05, 3.63) is 35.9 Å². The number of aryl methyl sites for hydroxylation is 1. The number of hydrogen-bond donors (Lipinski definition) is 1. The Balaban J connectivity index is 1.38. The number of amides is 1. The maximum absolute atomic E-state index is 12.5. The monoisotopic (exact) mass is 372 g/mol. The van der Waals surface area contributed by atoms with Crippen LogP contribution in [0, 0.1) is 0 Å². The Kier molecular flexibility index (Phi) is 4.33. The lowest BCUT2D eigenvalue weighted by Gasteiger charge is -2.35. The molecular weight excluding hydrogens is 352 g/mol. The van der Waals surface area contributed by atoms with E-state index in [4.69, 9.17) is 0 Å². The Labute approximate surface area is 154 Å². The fraction of sp³-hybridized carbons (Fsp3) is 0.375. The van der Waals surface area contributed by atoms with Crippen molar-refractivity contribution in [3.8, 4) is 0 Å². The quantitative estimate of drug-likeness (QED) is 0.536. The molecule has 0 unspecified atom stereocenters. The normalized spacial score (nSPS) is 15.9. The first-order valence-electron chi connectivity index (χ1n) is 8.30. The fourth-order valence-corrected chi connectivity index (χ4v) is 3.76. The second-order valence-corrected chi connectivity index (χ2v) is 6.94. The molecule has 0 spiro atoms. The summed E-state index contributed by atoms with van der Waals surface area (Å²) >= 11 is 1.60. The molecule has 1 amide bonds. The molecule has 1 saturated heterocycles. The number of anilines is 1. The molecule has 1 aliphatic rings. The largest absolute Gasteiger partial charge is 0.351 e. The van der Waals surface area contributed by atoms with E-state index >= 15 is 0 Å². The van der Waals surface area contributed by atoms with Gasteiger partial charge in [0.1, 0.15) is 6.54 Å². The van der Waals surface area contributed by atoms with Gasteiger partial charge in [0.25, 0.3) is 0 Å². The standard InChI is InChI=1S/C16H20N8OS/c1-17-15(18-7-12-9-23-5-6-26-16(23)20-12)22-3-4-24(14(25)11-22)13-8-19-21(2)10-13/h5-6,8-10H,3-4,7,11H2,1-2H3,(H,17,18).